The standard InChI is InChI=1S/C9H22O7P2/c1-3-4-7-15-18(12,13)16-9-6-5-8-14-17(2,10)11/h3-9H2,1-2H3,(H,10,11)(H,12,13). The molecule has 110 valence electrons. The van der Waals surface area contributed by atoms with Crippen LogP contribution in [0.25, 0.3) is 0 Å². The first-order valence-electron chi connectivity index (χ1n) is 5.83. The summed E-state index contributed by atoms with van der Waals surface area (Å²) in [6, 6.07) is 0. The molecule has 0 heterocycles. The first-order valence-corrected chi connectivity index (χ1v) is 9.35. The molecule has 0 aliphatic carbocycles. The number of hydrogen-bond donors (Lipinski definition) is 2. The molecule has 0 aliphatic heterocycles. The van der Waals surface area contributed by atoms with E-state index in [4.69, 9.17) is 13.9 Å². The number of phosphoric acid groups is 1. The molecule has 0 aliphatic rings. The maximum Gasteiger partial charge on any atom is 0.472 e. The van der Waals surface area contributed by atoms with E-state index in [1.54, 1.807) is 0 Å². The number of rotatable bonds is 11. The van der Waals surface area contributed by atoms with Gasteiger partial charge in [0, 0.05) is 6.66 Å². The van der Waals surface area contributed by atoms with E-state index in [9.17, 15) is 14.0 Å². The van der Waals surface area contributed by atoms with Crippen molar-refractivity contribution in [2.75, 3.05) is 26.5 Å². The Hall–Kier alpha value is 0.260. The van der Waals surface area contributed by atoms with E-state index in [1.165, 1.54) is 0 Å². The normalized spacial score (nSPS) is 18.2. The molecule has 2 atom stereocenters. The summed E-state index contributed by atoms with van der Waals surface area (Å²) in [4.78, 5) is 18.0. The zero-order valence-electron chi connectivity index (χ0n) is 10.8. The van der Waals surface area contributed by atoms with Gasteiger partial charge in [0.1, 0.15) is 0 Å². The number of unbranched alkanes of at least 4 members (excludes halogenated alkanes) is 2. The first-order chi connectivity index (χ1) is 8.27. The minimum absolute atomic E-state index is 0.0444. The Morgan fingerprint density at radius 2 is 1.33 bits per heavy atom. The predicted molar refractivity (Wildman–Crippen MR) is 67.6 cm³/mol. The SMILES string of the molecule is CCCCOP(=O)(O)OCCCCOP(C)(=O)O. The van der Waals surface area contributed by atoms with Crippen LogP contribution in [-0.2, 0) is 22.7 Å². The highest BCUT2D eigenvalue weighted by atomic mass is 31.2. The summed E-state index contributed by atoms with van der Waals surface area (Å²) in [7, 11) is -7.38. The molecule has 0 radical (unpaired) electrons. The lowest BCUT2D eigenvalue weighted by Gasteiger charge is -2.12. The highest BCUT2D eigenvalue weighted by Crippen LogP contribution is 2.43. The molecule has 0 aromatic rings. The fourth-order valence-corrected chi connectivity index (χ4v) is 2.24. The summed E-state index contributed by atoms with van der Waals surface area (Å²) < 4.78 is 36.1. The van der Waals surface area contributed by atoms with Crippen LogP contribution in [0.5, 0.6) is 0 Å². The maximum atomic E-state index is 11.3. The van der Waals surface area contributed by atoms with E-state index >= 15 is 0 Å². The van der Waals surface area contributed by atoms with Crippen molar-refractivity contribution >= 4 is 15.4 Å². The van der Waals surface area contributed by atoms with E-state index in [0.717, 1.165) is 13.1 Å². The second-order valence-corrected chi connectivity index (χ2v) is 7.15. The third-order valence-corrected chi connectivity index (χ3v) is 3.56. The zero-order chi connectivity index (χ0) is 14.1. The number of hydrogen-bond acceptors (Lipinski definition) is 5. The summed E-state index contributed by atoms with van der Waals surface area (Å²) in [5, 5.41) is 0. The summed E-state index contributed by atoms with van der Waals surface area (Å²) >= 11 is 0. The van der Waals surface area contributed by atoms with Gasteiger partial charge in [0.15, 0.2) is 0 Å². The maximum absolute atomic E-state index is 11.3. The molecule has 9 heteroatoms. The minimum atomic E-state index is -3.95. The Labute approximate surface area is 108 Å². The van der Waals surface area contributed by atoms with Crippen molar-refractivity contribution in [1.29, 1.82) is 0 Å². The van der Waals surface area contributed by atoms with Gasteiger partial charge in [0.2, 0.25) is 0 Å². The average Bonchev–Trinajstić information content (AvgIpc) is 2.22. The third kappa shape index (κ3) is 12.7. The van der Waals surface area contributed by atoms with E-state index < -0.39 is 15.4 Å². The Kier molecular flexibility index (Phi) is 9.34. The second-order valence-electron chi connectivity index (χ2n) is 3.83. The summed E-state index contributed by atoms with van der Waals surface area (Å²) in [5.41, 5.74) is 0. The molecule has 0 spiro atoms. The Balaban J connectivity index is 3.53. The Morgan fingerprint density at radius 1 is 0.889 bits per heavy atom. The van der Waals surface area contributed by atoms with Gasteiger partial charge in [-0.15, -0.1) is 0 Å². The smallest absolute Gasteiger partial charge is 0.324 e. The monoisotopic (exact) mass is 304 g/mol. The first kappa shape index (κ1) is 18.3. The fourth-order valence-electron chi connectivity index (χ4n) is 0.979. The lowest BCUT2D eigenvalue weighted by atomic mass is 10.3. The topological polar surface area (TPSA) is 102 Å². The zero-order valence-corrected chi connectivity index (χ0v) is 12.6. The van der Waals surface area contributed by atoms with Crippen LogP contribution in [0, 0.1) is 0 Å². The third-order valence-electron chi connectivity index (χ3n) is 1.88. The van der Waals surface area contributed by atoms with Crippen LogP contribution in [0.15, 0.2) is 0 Å². The van der Waals surface area contributed by atoms with Gasteiger partial charge in [-0.3, -0.25) is 13.6 Å². The van der Waals surface area contributed by atoms with Crippen molar-refractivity contribution in [2.45, 2.75) is 32.6 Å². The highest BCUT2D eigenvalue weighted by molar-refractivity contribution is 7.51. The lowest BCUT2D eigenvalue weighted by Crippen LogP contribution is -2.00. The molecule has 0 amide bonds. The van der Waals surface area contributed by atoms with Crippen LogP contribution < -0.4 is 0 Å². The van der Waals surface area contributed by atoms with Crippen LogP contribution in [-0.4, -0.2) is 36.3 Å². The molecule has 0 rings (SSSR count). The molecular formula is C9H22O7P2. The molecule has 0 bridgehead atoms. The average molecular weight is 304 g/mol. The molecule has 0 aromatic carbocycles. The van der Waals surface area contributed by atoms with Crippen molar-refractivity contribution < 1.29 is 32.5 Å². The van der Waals surface area contributed by atoms with Crippen LogP contribution >= 0.6 is 15.4 Å². The lowest BCUT2D eigenvalue weighted by molar-refractivity contribution is 0.143. The molecule has 2 unspecified atom stereocenters. The van der Waals surface area contributed by atoms with E-state index in [-0.39, 0.29) is 19.8 Å². The van der Waals surface area contributed by atoms with Crippen molar-refractivity contribution in [3.05, 3.63) is 0 Å². The van der Waals surface area contributed by atoms with E-state index in [1.807, 2.05) is 6.92 Å². The van der Waals surface area contributed by atoms with Crippen LogP contribution in [0.1, 0.15) is 32.6 Å². The summed E-state index contributed by atoms with van der Waals surface area (Å²) in [6.07, 6.45) is 2.48. The van der Waals surface area contributed by atoms with Gasteiger partial charge in [0.25, 0.3) is 0 Å². The quantitative estimate of drug-likeness (QED) is 0.446. The van der Waals surface area contributed by atoms with E-state index in [0.29, 0.717) is 19.3 Å². The fraction of sp³-hybridized carbons (Fsp3) is 1.00. The summed E-state index contributed by atoms with van der Waals surface area (Å²) in [6.45, 7) is 3.40. The van der Waals surface area contributed by atoms with Crippen molar-refractivity contribution in [3.8, 4) is 0 Å². The molecule has 7 nitrogen and oxygen atoms in total. The summed E-state index contributed by atoms with van der Waals surface area (Å²) in [5.74, 6) is 0. The van der Waals surface area contributed by atoms with Gasteiger partial charge in [-0.25, -0.2) is 4.57 Å². The van der Waals surface area contributed by atoms with Crippen LogP contribution in [0.2, 0.25) is 0 Å². The molecule has 0 saturated carbocycles. The van der Waals surface area contributed by atoms with Crippen molar-refractivity contribution in [3.63, 3.8) is 0 Å². The van der Waals surface area contributed by atoms with Gasteiger partial charge in [-0.2, -0.15) is 0 Å². The minimum Gasteiger partial charge on any atom is -0.324 e. The van der Waals surface area contributed by atoms with Gasteiger partial charge >= 0.3 is 15.4 Å². The van der Waals surface area contributed by atoms with Crippen molar-refractivity contribution in [2.24, 2.45) is 0 Å². The van der Waals surface area contributed by atoms with Gasteiger partial charge in [0.05, 0.1) is 19.8 Å². The van der Waals surface area contributed by atoms with Crippen LogP contribution in [0.3, 0.4) is 0 Å². The van der Waals surface area contributed by atoms with Gasteiger partial charge in [-0.05, 0) is 19.3 Å². The Bertz CT molecular complexity index is 301. The van der Waals surface area contributed by atoms with Crippen molar-refractivity contribution in [1.82, 2.24) is 0 Å². The number of phosphoric ester groups is 1. The molecular weight excluding hydrogens is 282 g/mol. The molecule has 0 fully saturated rings. The van der Waals surface area contributed by atoms with Crippen LogP contribution in [0.4, 0.5) is 0 Å². The molecule has 0 aromatic heterocycles. The molecule has 2 N–H and O–H groups in total. The molecule has 18 heavy (non-hydrogen) atoms. The van der Waals surface area contributed by atoms with Gasteiger partial charge in [-0.1, -0.05) is 13.3 Å². The largest absolute Gasteiger partial charge is 0.472 e. The second kappa shape index (κ2) is 9.21. The van der Waals surface area contributed by atoms with Gasteiger partial charge < -0.3 is 14.3 Å². The predicted octanol–water partition coefficient (Wildman–Crippen LogP) is 2.53. The Morgan fingerprint density at radius 3 is 1.78 bits per heavy atom. The van der Waals surface area contributed by atoms with E-state index in [2.05, 4.69) is 4.52 Å². The highest BCUT2D eigenvalue weighted by Gasteiger charge is 2.19. The molecule has 0 saturated heterocycles.